The van der Waals surface area contributed by atoms with E-state index in [9.17, 15) is 9.59 Å². The van der Waals surface area contributed by atoms with Gasteiger partial charge in [-0.2, -0.15) is 0 Å². The molecule has 0 aliphatic heterocycles. The molecule has 2 rings (SSSR count). The van der Waals surface area contributed by atoms with Gasteiger partial charge in [-0.15, -0.1) is 0 Å². The first-order chi connectivity index (χ1) is 10.6. The molecule has 0 spiro atoms. The fourth-order valence-corrected chi connectivity index (χ4v) is 3.06. The van der Waals surface area contributed by atoms with Crippen molar-refractivity contribution in [1.82, 2.24) is 5.32 Å². The first-order valence-corrected chi connectivity index (χ1v) is 8.28. The van der Waals surface area contributed by atoms with E-state index in [4.69, 9.17) is 0 Å². The smallest absolute Gasteiger partial charge is 0.243 e. The number of carbonyl (C=O) groups is 2. The number of nitrogens with one attached hydrogen (secondary N) is 2. The molecule has 0 bridgehead atoms. The predicted molar refractivity (Wildman–Crippen MR) is 88.8 cm³/mol. The van der Waals surface area contributed by atoms with Crippen LogP contribution in [0.5, 0.6) is 0 Å². The highest BCUT2D eigenvalue weighted by Gasteiger charge is 2.21. The topological polar surface area (TPSA) is 58.2 Å². The molecule has 2 N–H and O–H groups in total. The number of amides is 2. The second kappa shape index (κ2) is 7.97. The van der Waals surface area contributed by atoms with Crippen molar-refractivity contribution >= 4 is 17.5 Å². The van der Waals surface area contributed by atoms with Gasteiger partial charge in [0.25, 0.3) is 0 Å². The SMILES string of the molecule is CCc1cccc(C)c1NC(=O)CNC(=O)C1CCCCC1. The molecule has 1 fully saturated rings. The van der Waals surface area contributed by atoms with E-state index < -0.39 is 0 Å². The maximum atomic E-state index is 12.1. The van der Waals surface area contributed by atoms with E-state index in [0.717, 1.165) is 48.9 Å². The Kier molecular flexibility index (Phi) is 5.99. The second-order valence-electron chi connectivity index (χ2n) is 6.06. The third kappa shape index (κ3) is 4.33. The van der Waals surface area contributed by atoms with E-state index in [1.54, 1.807) is 0 Å². The van der Waals surface area contributed by atoms with Crippen LogP contribution in [0.25, 0.3) is 0 Å². The molecule has 1 aliphatic carbocycles. The molecule has 120 valence electrons. The molecule has 1 aromatic carbocycles. The molecule has 0 radical (unpaired) electrons. The summed E-state index contributed by atoms with van der Waals surface area (Å²) >= 11 is 0. The minimum absolute atomic E-state index is 0.0235. The summed E-state index contributed by atoms with van der Waals surface area (Å²) in [6.07, 6.45) is 6.22. The van der Waals surface area contributed by atoms with Crippen LogP contribution in [0.1, 0.15) is 50.2 Å². The van der Waals surface area contributed by atoms with Crippen LogP contribution < -0.4 is 10.6 Å². The van der Waals surface area contributed by atoms with E-state index in [1.165, 1.54) is 6.42 Å². The lowest BCUT2D eigenvalue weighted by atomic mass is 9.89. The molecule has 1 aliphatic rings. The minimum Gasteiger partial charge on any atom is -0.347 e. The van der Waals surface area contributed by atoms with Gasteiger partial charge in [-0.25, -0.2) is 0 Å². The highest BCUT2D eigenvalue weighted by atomic mass is 16.2. The van der Waals surface area contributed by atoms with Crippen LogP contribution >= 0.6 is 0 Å². The third-order valence-corrected chi connectivity index (χ3v) is 4.40. The average Bonchev–Trinajstić information content (AvgIpc) is 2.55. The van der Waals surface area contributed by atoms with Gasteiger partial charge in [0, 0.05) is 11.6 Å². The number of rotatable bonds is 5. The van der Waals surface area contributed by atoms with Gasteiger partial charge in [-0.1, -0.05) is 44.4 Å². The van der Waals surface area contributed by atoms with E-state index in [-0.39, 0.29) is 24.3 Å². The fraction of sp³-hybridized carbons (Fsp3) is 0.556. The summed E-state index contributed by atoms with van der Waals surface area (Å²) in [4.78, 5) is 24.1. The maximum absolute atomic E-state index is 12.1. The van der Waals surface area contributed by atoms with Gasteiger partial charge in [0.15, 0.2) is 0 Å². The maximum Gasteiger partial charge on any atom is 0.243 e. The van der Waals surface area contributed by atoms with Crippen molar-refractivity contribution in [2.75, 3.05) is 11.9 Å². The van der Waals surface area contributed by atoms with Crippen molar-refractivity contribution in [3.05, 3.63) is 29.3 Å². The van der Waals surface area contributed by atoms with E-state index in [2.05, 4.69) is 17.6 Å². The summed E-state index contributed by atoms with van der Waals surface area (Å²) in [5.74, 6) is -0.0466. The van der Waals surface area contributed by atoms with Crippen molar-refractivity contribution in [2.45, 2.75) is 52.4 Å². The van der Waals surface area contributed by atoms with E-state index >= 15 is 0 Å². The highest BCUT2D eigenvalue weighted by molar-refractivity contribution is 5.96. The van der Waals surface area contributed by atoms with Crippen molar-refractivity contribution in [3.63, 3.8) is 0 Å². The molecule has 0 saturated heterocycles. The van der Waals surface area contributed by atoms with Crippen LogP contribution in [0.4, 0.5) is 5.69 Å². The van der Waals surface area contributed by atoms with Crippen molar-refractivity contribution < 1.29 is 9.59 Å². The summed E-state index contributed by atoms with van der Waals surface area (Å²) in [6, 6.07) is 5.99. The van der Waals surface area contributed by atoms with Gasteiger partial charge in [-0.05, 0) is 37.3 Å². The summed E-state index contributed by atoms with van der Waals surface area (Å²) in [5.41, 5.74) is 3.04. The van der Waals surface area contributed by atoms with E-state index in [1.807, 2.05) is 25.1 Å². The lowest BCUT2D eigenvalue weighted by Crippen LogP contribution is -2.37. The Labute approximate surface area is 132 Å². The largest absolute Gasteiger partial charge is 0.347 e. The summed E-state index contributed by atoms with van der Waals surface area (Å²) in [5, 5.41) is 5.71. The van der Waals surface area contributed by atoms with Crippen LogP contribution in [0.2, 0.25) is 0 Å². The Morgan fingerprint density at radius 2 is 1.91 bits per heavy atom. The Balaban J connectivity index is 1.87. The number of hydrogen-bond donors (Lipinski definition) is 2. The van der Waals surface area contributed by atoms with Crippen LogP contribution in [-0.4, -0.2) is 18.4 Å². The third-order valence-electron chi connectivity index (χ3n) is 4.40. The molecular weight excluding hydrogens is 276 g/mol. The van der Waals surface area contributed by atoms with Gasteiger partial charge < -0.3 is 10.6 Å². The second-order valence-corrected chi connectivity index (χ2v) is 6.06. The minimum atomic E-state index is -0.159. The summed E-state index contributed by atoms with van der Waals surface area (Å²) in [6.45, 7) is 4.09. The average molecular weight is 302 g/mol. The number of carbonyl (C=O) groups excluding carboxylic acids is 2. The molecule has 22 heavy (non-hydrogen) atoms. The van der Waals surface area contributed by atoms with Gasteiger partial charge in [-0.3, -0.25) is 9.59 Å². The first-order valence-electron chi connectivity index (χ1n) is 8.28. The number of aryl methyl sites for hydroxylation is 2. The van der Waals surface area contributed by atoms with Crippen molar-refractivity contribution in [1.29, 1.82) is 0 Å². The molecule has 0 atom stereocenters. The molecule has 2 amide bonds. The predicted octanol–water partition coefficient (Wildman–Crippen LogP) is 3.19. The molecule has 4 heteroatoms. The standard InChI is InChI=1S/C18H26N2O2/c1-3-14-11-7-8-13(2)17(14)20-16(21)12-19-18(22)15-9-5-4-6-10-15/h7-8,11,15H,3-6,9-10,12H2,1-2H3,(H,19,22)(H,20,21). The lowest BCUT2D eigenvalue weighted by molar-refractivity contribution is -0.128. The normalized spacial score (nSPS) is 15.4. The monoisotopic (exact) mass is 302 g/mol. The molecule has 1 aromatic rings. The van der Waals surface area contributed by atoms with Crippen molar-refractivity contribution in [2.24, 2.45) is 5.92 Å². The number of benzene rings is 1. The Morgan fingerprint density at radius 3 is 2.59 bits per heavy atom. The molecule has 0 heterocycles. The molecule has 0 aromatic heterocycles. The quantitative estimate of drug-likeness (QED) is 0.877. The van der Waals surface area contributed by atoms with Crippen LogP contribution in [0.3, 0.4) is 0 Å². The Bertz CT molecular complexity index is 534. The Hall–Kier alpha value is -1.84. The lowest BCUT2D eigenvalue weighted by Gasteiger charge is -2.20. The van der Waals surface area contributed by atoms with Gasteiger partial charge in [0.05, 0.1) is 6.54 Å². The number of para-hydroxylation sites is 1. The van der Waals surface area contributed by atoms with Gasteiger partial charge >= 0.3 is 0 Å². The summed E-state index contributed by atoms with van der Waals surface area (Å²) < 4.78 is 0. The fourth-order valence-electron chi connectivity index (χ4n) is 3.06. The Morgan fingerprint density at radius 1 is 1.18 bits per heavy atom. The summed E-state index contributed by atoms with van der Waals surface area (Å²) in [7, 11) is 0. The van der Waals surface area contributed by atoms with Crippen molar-refractivity contribution in [3.8, 4) is 0 Å². The number of hydrogen-bond acceptors (Lipinski definition) is 2. The zero-order valence-electron chi connectivity index (χ0n) is 13.6. The first kappa shape index (κ1) is 16.5. The highest BCUT2D eigenvalue weighted by Crippen LogP contribution is 2.23. The number of anilines is 1. The van der Waals surface area contributed by atoms with E-state index in [0.29, 0.717) is 0 Å². The van der Waals surface area contributed by atoms with Gasteiger partial charge in [0.2, 0.25) is 11.8 Å². The van der Waals surface area contributed by atoms with Crippen LogP contribution in [-0.2, 0) is 16.0 Å². The van der Waals surface area contributed by atoms with Crippen LogP contribution in [0.15, 0.2) is 18.2 Å². The van der Waals surface area contributed by atoms with Crippen LogP contribution in [0, 0.1) is 12.8 Å². The molecule has 1 saturated carbocycles. The molecule has 4 nitrogen and oxygen atoms in total. The molecular formula is C18H26N2O2. The van der Waals surface area contributed by atoms with Gasteiger partial charge in [0.1, 0.15) is 0 Å². The zero-order valence-corrected chi connectivity index (χ0v) is 13.6. The zero-order chi connectivity index (χ0) is 15.9. The molecule has 0 unspecified atom stereocenters.